The monoisotopic (exact) mass is 386 g/mol. The minimum Gasteiger partial charge on any atom is -0.535 e. The first-order valence-electron chi connectivity index (χ1n) is 10.3. The molecular formula is C21H31BN2O4. The van der Waals surface area contributed by atoms with Gasteiger partial charge in [-0.15, -0.1) is 0 Å². The van der Waals surface area contributed by atoms with Gasteiger partial charge >= 0.3 is 7.12 Å². The molecule has 1 unspecified atom stereocenters. The Morgan fingerprint density at radius 2 is 1.96 bits per heavy atom. The van der Waals surface area contributed by atoms with Gasteiger partial charge in [0.25, 0.3) is 0 Å². The van der Waals surface area contributed by atoms with Crippen molar-refractivity contribution in [2.24, 2.45) is 23.3 Å². The third-order valence-electron chi connectivity index (χ3n) is 6.38. The van der Waals surface area contributed by atoms with Crippen LogP contribution in [0.25, 0.3) is 0 Å². The molecule has 2 atom stereocenters. The van der Waals surface area contributed by atoms with Gasteiger partial charge in [-0.1, -0.05) is 12.1 Å². The molecule has 7 heteroatoms. The van der Waals surface area contributed by atoms with E-state index in [4.69, 9.17) is 16.1 Å². The average molecular weight is 386 g/mol. The van der Waals surface area contributed by atoms with Gasteiger partial charge in [-0.2, -0.15) is 0 Å². The first kappa shape index (κ1) is 21.0. The lowest BCUT2D eigenvalue weighted by atomic mass is 9.64. The molecule has 1 saturated carbocycles. The average Bonchev–Trinajstić information content (AvgIpc) is 2.68. The molecule has 1 aliphatic carbocycles. The van der Waals surface area contributed by atoms with Gasteiger partial charge in [-0.05, 0) is 62.5 Å². The van der Waals surface area contributed by atoms with Crippen LogP contribution in [0, 0.1) is 11.8 Å². The number of para-hydroxylation sites is 1. The molecule has 0 spiro atoms. The van der Waals surface area contributed by atoms with Crippen LogP contribution in [0.15, 0.2) is 18.2 Å². The summed E-state index contributed by atoms with van der Waals surface area (Å²) in [5.41, 5.74) is 13.1. The molecule has 5 N–H and O–H groups in total. The van der Waals surface area contributed by atoms with Crippen molar-refractivity contribution in [3.63, 3.8) is 0 Å². The van der Waals surface area contributed by atoms with Gasteiger partial charge in [0.2, 0.25) is 0 Å². The van der Waals surface area contributed by atoms with Crippen LogP contribution in [0.3, 0.4) is 0 Å². The smallest absolute Gasteiger partial charge is 0.526 e. The van der Waals surface area contributed by atoms with Crippen LogP contribution >= 0.6 is 0 Å². The molecule has 152 valence electrons. The lowest BCUT2D eigenvalue weighted by Crippen LogP contribution is -2.39. The molecule has 2 aliphatic rings. The first-order chi connectivity index (χ1) is 13.4. The fourth-order valence-electron chi connectivity index (χ4n) is 4.65. The maximum absolute atomic E-state index is 12.6. The predicted octanol–water partition coefficient (Wildman–Crippen LogP) is 2.12. The Labute approximate surface area is 167 Å². The number of fused-ring (bicyclic) bond motifs is 1. The summed E-state index contributed by atoms with van der Waals surface area (Å²) in [6, 6.07) is 5.48. The molecule has 0 radical (unpaired) electrons. The molecule has 3 rings (SSSR count). The number of nitrogens with two attached hydrogens (primary N) is 2. The van der Waals surface area contributed by atoms with Gasteiger partial charge in [-0.3, -0.25) is 9.59 Å². The molecule has 28 heavy (non-hydrogen) atoms. The second-order valence-electron chi connectivity index (χ2n) is 8.45. The van der Waals surface area contributed by atoms with Gasteiger partial charge in [0, 0.05) is 31.2 Å². The Morgan fingerprint density at radius 3 is 2.61 bits per heavy atom. The van der Waals surface area contributed by atoms with Gasteiger partial charge < -0.3 is 21.1 Å². The highest BCUT2D eigenvalue weighted by molar-refractivity contribution is 6.47. The molecule has 1 aliphatic heterocycles. The molecule has 0 aromatic heterocycles. The van der Waals surface area contributed by atoms with Crippen molar-refractivity contribution in [1.82, 2.24) is 0 Å². The number of hydrogen-bond donors (Lipinski definition) is 3. The van der Waals surface area contributed by atoms with E-state index in [1.165, 1.54) is 6.92 Å². The number of Topliss-reactive ketones (excluding diaryl/α,β-unsaturated/α-hetero) is 2. The topological polar surface area (TPSA) is 116 Å². The van der Waals surface area contributed by atoms with Gasteiger partial charge in [0.05, 0.1) is 5.56 Å². The van der Waals surface area contributed by atoms with Gasteiger partial charge in [0.15, 0.2) is 5.78 Å². The zero-order valence-corrected chi connectivity index (χ0v) is 16.6. The van der Waals surface area contributed by atoms with Gasteiger partial charge in [-0.25, -0.2) is 0 Å². The first-order valence-corrected chi connectivity index (χ1v) is 10.3. The summed E-state index contributed by atoms with van der Waals surface area (Å²) in [5.74, 6) is 1.13. The van der Waals surface area contributed by atoms with E-state index < -0.39 is 7.12 Å². The SMILES string of the molecule is CC(=O)c1cccc2c1OB(O)[C@@H](CC(=O)CC1CCC(C(N)CN)CC1)C2. The maximum Gasteiger partial charge on any atom is 0.526 e. The lowest BCUT2D eigenvalue weighted by molar-refractivity contribution is -0.120. The third-order valence-corrected chi connectivity index (χ3v) is 6.38. The van der Waals surface area contributed by atoms with Crippen molar-refractivity contribution >= 4 is 18.7 Å². The summed E-state index contributed by atoms with van der Waals surface area (Å²) in [4.78, 5) is 24.4. The highest BCUT2D eigenvalue weighted by atomic mass is 16.5. The zero-order valence-electron chi connectivity index (χ0n) is 16.6. The molecule has 0 amide bonds. The van der Waals surface area contributed by atoms with Crippen molar-refractivity contribution in [2.75, 3.05) is 6.54 Å². The third kappa shape index (κ3) is 4.83. The standard InChI is InChI=1S/C21H31BN2O4/c1-13(25)19-4-2-3-16-10-17(22(27)28-21(16)19)11-18(26)9-14-5-7-15(8-6-14)20(24)12-23/h2-4,14-15,17,20,27H,5-12,23-24H2,1H3/t14?,15?,17-,20?/m1/s1. The number of benzene rings is 1. The number of rotatable bonds is 7. The summed E-state index contributed by atoms with van der Waals surface area (Å²) in [7, 11) is -1.06. The second-order valence-corrected chi connectivity index (χ2v) is 8.45. The quantitative estimate of drug-likeness (QED) is 0.488. The van der Waals surface area contributed by atoms with E-state index >= 15 is 0 Å². The minimum absolute atomic E-state index is 0.0612. The second kappa shape index (κ2) is 9.20. The highest BCUT2D eigenvalue weighted by Gasteiger charge is 2.37. The summed E-state index contributed by atoms with van der Waals surface area (Å²) in [6.45, 7) is 2.00. The number of ketones is 2. The summed E-state index contributed by atoms with van der Waals surface area (Å²) in [6.07, 6.45) is 5.49. The fourth-order valence-corrected chi connectivity index (χ4v) is 4.65. The van der Waals surface area contributed by atoms with E-state index in [9.17, 15) is 14.6 Å². The Morgan fingerprint density at radius 1 is 1.25 bits per heavy atom. The van der Waals surface area contributed by atoms with Crippen LogP contribution in [0.1, 0.15) is 61.4 Å². The van der Waals surface area contributed by atoms with Crippen LogP contribution in [0.4, 0.5) is 0 Å². The molecule has 0 bridgehead atoms. The fraction of sp³-hybridized carbons (Fsp3) is 0.619. The van der Waals surface area contributed by atoms with E-state index in [0.717, 1.165) is 31.2 Å². The van der Waals surface area contributed by atoms with Crippen molar-refractivity contribution in [3.05, 3.63) is 29.3 Å². The molecule has 0 saturated heterocycles. The van der Waals surface area contributed by atoms with Crippen LogP contribution in [-0.4, -0.2) is 36.3 Å². The highest BCUT2D eigenvalue weighted by Crippen LogP contribution is 2.38. The van der Waals surface area contributed by atoms with Crippen LogP contribution in [0.5, 0.6) is 5.75 Å². The number of carbonyl (C=O) groups is 2. The normalized spacial score (nSPS) is 25.6. The van der Waals surface area contributed by atoms with E-state index in [2.05, 4.69) is 0 Å². The molecule has 1 fully saturated rings. The Kier molecular flexibility index (Phi) is 6.91. The molecular weight excluding hydrogens is 355 g/mol. The molecule has 1 aromatic rings. The van der Waals surface area contributed by atoms with Crippen LogP contribution in [0.2, 0.25) is 5.82 Å². The van der Waals surface area contributed by atoms with Crippen LogP contribution < -0.4 is 16.1 Å². The van der Waals surface area contributed by atoms with E-state index in [0.29, 0.717) is 49.0 Å². The Hall–Kier alpha value is -1.70. The van der Waals surface area contributed by atoms with Gasteiger partial charge in [0.1, 0.15) is 11.5 Å². The Bertz CT molecular complexity index is 718. The Balaban J connectivity index is 1.54. The van der Waals surface area contributed by atoms with Crippen LogP contribution in [-0.2, 0) is 11.2 Å². The molecule has 6 nitrogen and oxygen atoms in total. The maximum atomic E-state index is 12.6. The molecule has 1 heterocycles. The zero-order chi connectivity index (χ0) is 20.3. The summed E-state index contributed by atoms with van der Waals surface area (Å²) < 4.78 is 5.64. The predicted molar refractivity (Wildman–Crippen MR) is 109 cm³/mol. The number of hydrogen-bond acceptors (Lipinski definition) is 6. The largest absolute Gasteiger partial charge is 0.535 e. The lowest BCUT2D eigenvalue weighted by Gasteiger charge is -2.32. The van der Waals surface area contributed by atoms with Crippen molar-refractivity contribution in [3.8, 4) is 5.75 Å². The molecule has 1 aromatic carbocycles. The van der Waals surface area contributed by atoms with E-state index in [1.807, 2.05) is 12.1 Å². The van der Waals surface area contributed by atoms with E-state index in [-0.39, 0.29) is 23.4 Å². The van der Waals surface area contributed by atoms with Crippen molar-refractivity contribution in [1.29, 1.82) is 0 Å². The van der Waals surface area contributed by atoms with Crippen molar-refractivity contribution < 1.29 is 19.3 Å². The minimum atomic E-state index is -1.06. The van der Waals surface area contributed by atoms with Crippen molar-refractivity contribution in [2.45, 2.75) is 63.7 Å². The summed E-state index contributed by atoms with van der Waals surface area (Å²) >= 11 is 0. The number of carbonyl (C=O) groups excluding carboxylic acids is 2. The van der Waals surface area contributed by atoms with E-state index in [1.54, 1.807) is 6.07 Å². The summed E-state index contributed by atoms with van der Waals surface area (Å²) in [5, 5.41) is 10.4.